The highest BCUT2D eigenvalue weighted by Gasteiger charge is 2.37. The Morgan fingerprint density at radius 1 is 0.932 bits per heavy atom. The first-order valence-electron chi connectivity index (χ1n) is 15.3. The van der Waals surface area contributed by atoms with Crippen molar-refractivity contribution < 1.29 is 19.0 Å². The van der Waals surface area contributed by atoms with Crippen molar-refractivity contribution in [2.75, 3.05) is 13.7 Å². The van der Waals surface area contributed by atoms with Gasteiger partial charge in [-0.05, 0) is 95.3 Å². The highest BCUT2D eigenvalue weighted by molar-refractivity contribution is 6.42. The molecule has 1 unspecified atom stereocenters. The molecule has 0 fully saturated rings. The summed E-state index contributed by atoms with van der Waals surface area (Å²) in [7, 11) is 1.48. The molecule has 0 radical (unpaired) electrons. The Morgan fingerprint density at radius 2 is 1.73 bits per heavy atom. The van der Waals surface area contributed by atoms with Gasteiger partial charge in [-0.15, -0.1) is 0 Å². The van der Waals surface area contributed by atoms with Crippen molar-refractivity contribution in [1.82, 2.24) is 4.90 Å². The van der Waals surface area contributed by atoms with E-state index in [4.69, 9.17) is 37.4 Å². The van der Waals surface area contributed by atoms with Crippen molar-refractivity contribution >= 4 is 29.2 Å². The van der Waals surface area contributed by atoms with E-state index in [2.05, 4.69) is 60.4 Å². The molecule has 0 N–H and O–H groups in total. The molecule has 0 saturated carbocycles. The van der Waals surface area contributed by atoms with Gasteiger partial charge >= 0.3 is 5.97 Å². The summed E-state index contributed by atoms with van der Waals surface area (Å²) in [5, 5.41) is 1.06. The number of ether oxygens (including phenoxy) is 3. The van der Waals surface area contributed by atoms with Crippen LogP contribution in [-0.2, 0) is 35.5 Å². The van der Waals surface area contributed by atoms with Gasteiger partial charge in [-0.1, -0.05) is 84.7 Å². The van der Waals surface area contributed by atoms with E-state index in [1.54, 1.807) is 6.07 Å². The number of fused-ring (bicyclic) bond motifs is 2. The molecule has 4 aromatic carbocycles. The standard InChI is InChI=1S/C37H37Cl2NO4/c1-3-34(26-7-5-4-6-8-26)40-22-30-19-29-18-27(15-16-43-36(29)21-28(30)20-35(40)37(41)42-2)25-10-12-31(13-11-25)44-23-24-9-14-32(38)33(39)17-24/h4-14,17,19,21,27,34-35H,3,15-16,18,20,22-23H2,1-2H3/t27-,34?,35+/m1/s1. The first-order valence-corrected chi connectivity index (χ1v) is 16.0. The number of hydrogen-bond donors (Lipinski definition) is 0. The lowest BCUT2D eigenvalue weighted by atomic mass is 9.85. The van der Waals surface area contributed by atoms with Gasteiger partial charge in [0.05, 0.1) is 23.8 Å². The maximum absolute atomic E-state index is 13.0. The van der Waals surface area contributed by atoms with Gasteiger partial charge in [0.2, 0.25) is 0 Å². The number of hydrogen-bond acceptors (Lipinski definition) is 5. The van der Waals surface area contributed by atoms with Crippen LogP contribution in [0.2, 0.25) is 10.0 Å². The predicted molar refractivity (Wildman–Crippen MR) is 175 cm³/mol. The van der Waals surface area contributed by atoms with Crippen LogP contribution in [0.4, 0.5) is 0 Å². The highest BCUT2D eigenvalue weighted by Crippen LogP contribution is 2.40. The fourth-order valence-corrected chi connectivity index (χ4v) is 6.92. The first kappa shape index (κ1) is 30.5. The molecule has 0 aromatic heterocycles. The number of benzene rings is 4. The number of carbonyl (C=O) groups excluding carboxylic acids is 1. The summed E-state index contributed by atoms with van der Waals surface area (Å²) in [6.45, 7) is 3.93. The van der Waals surface area contributed by atoms with Crippen LogP contribution in [0.1, 0.15) is 65.1 Å². The fraction of sp³-hybridized carbons (Fsp3) is 0.324. The molecular weight excluding hydrogens is 593 g/mol. The van der Waals surface area contributed by atoms with Crippen molar-refractivity contribution in [2.45, 2.75) is 63.8 Å². The Balaban J connectivity index is 1.20. The summed E-state index contributed by atoms with van der Waals surface area (Å²) in [4.78, 5) is 15.4. The van der Waals surface area contributed by atoms with Crippen LogP contribution in [-0.4, -0.2) is 30.6 Å². The van der Waals surface area contributed by atoms with Gasteiger partial charge in [0.15, 0.2) is 0 Å². The average molecular weight is 631 g/mol. The van der Waals surface area contributed by atoms with Gasteiger partial charge < -0.3 is 14.2 Å². The smallest absolute Gasteiger partial charge is 0.323 e. The zero-order valence-electron chi connectivity index (χ0n) is 25.1. The molecule has 3 atom stereocenters. The molecule has 228 valence electrons. The molecule has 6 rings (SSSR count). The number of halogens is 2. The largest absolute Gasteiger partial charge is 0.493 e. The van der Waals surface area contributed by atoms with Crippen LogP contribution in [0.15, 0.2) is 84.9 Å². The van der Waals surface area contributed by atoms with E-state index in [1.165, 1.54) is 34.9 Å². The normalized spacial score (nSPS) is 18.7. The van der Waals surface area contributed by atoms with Crippen molar-refractivity contribution in [3.63, 3.8) is 0 Å². The van der Waals surface area contributed by atoms with Crippen molar-refractivity contribution in [3.05, 3.63) is 128 Å². The lowest BCUT2D eigenvalue weighted by Crippen LogP contribution is -2.47. The van der Waals surface area contributed by atoms with E-state index in [-0.39, 0.29) is 18.1 Å². The van der Waals surface area contributed by atoms with E-state index in [9.17, 15) is 4.79 Å². The van der Waals surface area contributed by atoms with E-state index in [0.717, 1.165) is 36.3 Å². The van der Waals surface area contributed by atoms with Crippen molar-refractivity contribution in [2.24, 2.45) is 0 Å². The van der Waals surface area contributed by atoms with Crippen LogP contribution in [0.5, 0.6) is 11.5 Å². The third-order valence-electron chi connectivity index (χ3n) is 8.93. The zero-order valence-corrected chi connectivity index (χ0v) is 26.6. The van der Waals surface area contributed by atoms with E-state index in [1.807, 2.05) is 30.3 Å². The molecule has 0 bridgehead atoms. The molecule has 44 heavy (non-hydrogen) atoms. The third kappa shape index (κ3) is 6.61. The minimum Gasteiger partial charge on any atom is -0.493 e. The van der Waals surface area contributed by atoms with Crippen LogP contribution in [0, 0.1) is 0 Å². The van der Waals surface area contributed by atoms with E-state index >= 15 is 0 Å². The van der Waals surface area contributed by atoms with Crippen LogP contribution >= 0.6 is 23.2 Å². The SMILES string of the molecule is CCC(c1ccccc1)N1Cc2cc3c(cc2C[C@H]1C(=O)OC)OCC[C@@H](c1ccc(OCc2ccc(Cl)c(Cl)c2)cc1)C3. The molecule has 5 nitrogen and oxygen atoms in total. The number of nitrogens with zero attached hydrogens (tertiary/aromatic N) is 1. The minimum atomic E-state index is -0.341. The Labute approximate surface area is 269 Å². The van der Waals surface area contributed by atoms with Gasteiger partial charge in [0, 0.05) is 12.6 Å². The summed E-state index contributed by atoms with van der Waals surface area (Å²) in [6, 6.07) is 28.6. The predicted octanol–water partition coefficient (Wildman–Crippen LogP) is 8.73. The summed E-state index contributed by atoms with van der Waals surface area (Å²) in [5.41, 5.74) is 7.09. The average Bonchev–Trinajstić information content (AvgIpc) is 3.26. The van der Waals surface area contributed by atoms with Crippen LogP contribution in [0.25, 0.3) is 0 Å². The topological polar surface area (TPSA) is 48.0 Å². The maximum atomic E-state index is 13.0. The Morgan fingerprint density at radius 3 is 2.45 bits per heavy atom. The highest BCUT2D eigenvalue weighted by atomic mass is 35.5. The molecule has 0 aliphatic carbocycles. The van der Waals surface area contributed by atoms with Crippen molar-refractivity contribution in [3.8, 4) is 11.5 Å². The molecule has 2 aliphatic rings. The number of carbonyl (C=O) groups is 1. The number of methoxy groups -OCH3 is 1. The molecule has 2 aliphatic heterocycles. The maximum Gasteiger partial charge on any atom is 0.323 e. The Bertz CT molecular complexity index is 1610. The second kappa shape index (κ2) is 13.6. The molecule has 4 aromatic rings. The van der Waals surface area contributed by atoms with Crippen LogP contribution in [0.3, 0.4) is 0 Å². The summed E-state index contributed by atoms with van der Waals surface area (Å²) >= 11 is 12.2. The van der Waals surface area contributed by atoms with Crippen molar-refractivity contribution in [1.29, 1.82) is 0 Å². The van der Waals surface area contributed by atoms with Gasteiger partial charge in [0.1, 0.15) is 24.1 Å². The molecule has 0 amide bonds. The lowest BCUT2D eigenvalue weighted by Gasteiger charge is -2.40. The number of esters is 1. The van der Waals surface area contributed by atoms with Crippen LogP contribution < -0.4 is 9.47 Å². The van der Waals surface area contributed by atoms with Gasteiger partial charge in [-0.25, -0.2) is 0 Å². The third-order valence-corrected chi connectivity index (χ3v) is 9.66. The second-order valence-electron chi connectivity index (χ2n) is 11.6. The monoisotopic (exact) mass is 629 g/mol. The van der Waals surface area contributed by atoms with Gasteiger partial charge in [0.25, 0.3) is 0 Å². The lowest BCUT2D eigenvalue weighted by molar-refractivity contribution is -0.149. The van der Waals surface area contributed by atoms with Gasteiger partial charge in [-0.3, -0.25) is 9.69 Å². The van der Waals surface area contributed by atoms with E-state index in [0.29, 0.717) is 42.1 Å². The van der Waals surface area contributed by atoms with E-state index < -0.39 is 0 Å². The summed E-state index contributed by atoms with van der Waals surface area (Å²) < 4.78 is 17.6. The number of rotatable bonds is 8. The minimum absolute atomic E-state index is 0.119. The summed E-state index contributed by atoms with van der Waals surface area (Å²) in [5.74, 6) is 1.88. The Kier molecular flexibility index (Phi) is 9.46. The van der Waals surface area contributed by atoms with Gasteiger partial charge in [-0.2, -0.15) is 0 Å². The first-order chi connectivity index (χ1) is 21.4. The molecule has 7 heteroatoms. The summed E-state index contributed by atoms with van der Waals surface area (Å²) in [6.07, 6.45) is 3.32. The quantitative estimate of drug-likeness (QED) is 0.182. The molecular formula is C37H37Cl2NO4. The fourth-order valence-electron chi connectivity index (χ4n) is 6.60. The molecule has 0 spiro atoms. The molecule has 2 heterocycles. The Hall–Kier alpha value is -3.51. The zero-order chi connectivity index (χ0) is 30.6. The molecule has 0 saturated heterocycles. The second-order valence-corrected chi connectivity index (χ2v) is 12.4.